The van der Waals surface area contributed by atoms with E-state index in [2.05, 4.69) is 53.3 Å². The Hall–Kier alpha value is -1.97. The molecule has 142 valence electrons. The summed E-state index contributed by atoms with van der Waals surface area (Å²) in [6, 6.07) is 8.38. The SMILES string of the molecule is C=Cc1ccc(Cn2nnnc2CCCCCCCCCCCC)cc1. The second kappa shape index (κ2) is 12.4. The fourth-order valence-corrected chi connectivity index (χ4v) is 3.23. The molecular formula is C22H34N4. The lowest BCUT2D eigenvalue weighted by atomic mass is 10.1. The van der Waals surface area contributed by atoms with E-state index in [9.17, 15) is 0 Å². The zero-order valence-corrected chi connectivity index (χ0v) is 16.4. The highest BCUT2D eigenvalue weighted by atomic mass is 15.5. The van der Waals surface area contributed by atoms with Crippen LogP contribution >= 0.6 is 0 Å². The Labute approximate surface area is 158 Å². The Morgan fingerprint density at radius 2 is 1.50 bits per heavy atom. The molecule has 0 aliphatic carbocycles. The van der Waals surface area contributed by atoms with Crippen molar-refractivity contribution < 1.29 is 0 Å². The van der Waals surface area contributed by atoms with Gasteiger partial charge in [0.15, 0.2) is 5.82 Å². The van der Waals surface area contributed by atoms with Crippen molar-refractivity contribution >= 4 is 6.08 Å². The van der Waals surface area contributed by atoms with Gasteiger partial charge >= 0.3 is 0 Å². The van der Waals surface area contributed by atoms with Crippen LogP contribution in [0.4, 0.5) is 0 Å². The van der Waals surface area contributed by atoms with Crippen molar-refractivity contribution in [3.63, 3.8) is 0 Å². The Kier molecular flexibility index (Phi) is 9.70. The lowest BCUT2D eigenvalue weighted by Gasteiger charge is -2.06. The minimum absolute atomic E-state index is 0.734. The summed E-state index contributed by atoms with van der Waals surface area (Å²) in [4.78, 5) is 0. The van der Waals surface area contributed by atoms with Crippen molar-refractivity contribution in [2.45, 2.75) is 84.1 Å². The van der Waals surface area contributed by atoms with E-state index < -0.39 is 0 Å². The highest BCUT2D eigenvalue weighted by Crippen LogP contribution is 2.12. The monoisotopic (exact) mass is 354 g/mol. The van der Waals surface area contributed by atoms with Crippen LogP contribution in [0.3, 0.4) is 0 Å². The molecule has 0 bridgehead atoms. The molecule has 0 saturated carbocycles. The van der Waals surface area contributed by atoms with Gasteiger partial charge in [0.25, 0.3) is 0 Å². The first-order valence-electron chi connectivity index (χ1n) is 10.3. The number of hydrogen-bond donors (Lipinski definition) is 0. The lowest BCUT2D eigenvalue weighted by molar-refractivity contribution is 0.546. The van der Waals surface area contributed by atoms with Crippen LogP contribution in [-0.2, 0) is 13.0 Å². The first-order valence-corrected chi connectivity index (χ1v) is 10.3. The molecule has 1 aromatic carbocycles. The number of rotatable bonds is 14. The normalized spacial score (nSPS) is 11.0. The van der Waals surface area contributed by atoms with Gasteiger partial charge in [-0.25, -0.2) is 4.68 Å². The van der Waals surface area contributed by atoms with Gasteiger partial charge in [-0.15, -0.1) is 5.10 Å². The van der Waals surface area contributed by atoms with E-state index in [-0.39, 0.29) is 0 Å². The third-order valence-corrected chi connectivity index (χ3v) is 4.91. The van der Waals surface area contributed by atoms with Crippen LogP contribution in [0.1, 0.15) is 88.1 Å². The first-order chi connectivity index (χ1) is 12.8. The van der Waals surface area contributed by atoms with Crippen molar-refractivity contribution in [1.29, 1.82) is 0 Å². The topological polar surface area (TPSA) is 43.6 Å². The predicted octanol–water partition coefficient (Wildman–Crippen LogP) is 5.83. The van der Waals surface area contributed by atoms with Crippen LogP contribution in [-0.4, -0.2) is 20.2 Å². The molecule has 4 heteroatoms. The fraction of sp³-hybridized carbons (Fsp3) is 0.591. The first kappa shape index (κ1) is 20.3. The molecule has 0 atom stereocenters. The van der Waals surface area contributed by atoms with Crippen LogP contribution in [0.2, 0.25) is 0 Å². The van der Waals surface area contributed by atoms with Gasteiger partial charge in [0.2, 0.25) is 0 Å². The molecule has 0 unspecified atom stereocenters. The molecule has 0 aliphatic rings. The number of hydrogen-bond acceptors (Lipinski definition) is 3. The van der Waals surface area contributed by atoms with Gasteiger partial charge in [-0.2, -0.15) is 0 Å². The van der Waals surface area contributed by atoms with Gasteiger partial charge in [0, 0.05) is 6.42 Å². The predicted molar refractivity (Wildman–Crippen MR) is 109 cm³/mol. The third kappa shape index (κ3) is 7.51. The molecule has 0 aliphatic heterocycles. The zero-order chi connectivity index (χ0) is 18.5. The van der Waals surface area contributed by atoms with Gasteiger partial charge in [-0.1, -0.05) is 102 Å². The van der Waals surface area contributed by atoms with Crippen molar-refractivity contribution in [1.82, 2.24) is 20.2 Å². The molecule has 26 heavy (non-hydrogen) atoms. The third-order valence-electron chi connectivity index (χ3n) is 4.91. The van der Waals surface area contributed by atoms with E-state index in [1.165, 1.54) is 69.8 Å². The minimum Gasteiger partial charge on any atom is -0.225 e. The summed E-state index contributed by atoms with van der Waals surface area (Å²) >= 11 is 0. The molecule has 4 nitrogen and oxygen atoms in total. The van der Waals surface area contributed by atoms with Gasteiger partial charge in [-0.3, -0.25) is 0 Å². The number of aromatic nitrogens is 4. The number of benzene rings is 1. The maximum atomic E-state index is 4.21. The molecule has 0 amide bonds. The largest absolute Gasteiger partial charge is 0.225 e. The Bertz CT molecular complexity index is 615. The Morgan fingerprint density at radius 1 is 0.885 bits per heavy atom. The van der Waals surface area contributed by atoms with Gasteiger partial charge in [-0.05, 0) is 28.0 Å². The molecule has 2 rings (SSSR count). The van der Waals surface area contributed by atoms with Crippen LogP contribution < -0.4 is 0 Å². The molecule has 0 saturated heterocycles. The molecular weight excluding hydrogens is 320 g/mol. The smallest absolute Gasteiger partial charge is 0.151 e. The van der Waals surface area contributed by atoms with E-state index in [4.69, 9.17) is 0 Å². The number of unbranched alkanes of at least 4 members (excludes halogenated alkanes) is 9. The minimum atomic E-state index is 0.734. The van der Waals surface area contributed by atoms with Crippen molar-refractivity contribution in [2.75, 3.05) is 0 Å². The highest BCUT2D eigenvalue weighted by Gasteiger charge is 2.06. The van der Waals surface area contributed by atoms with Crippen LogP contribution in [0.15, 0.2) is 30.8 Å². The average molecular weight is 355 g/mol. The van der Waals surface area contributed by atoms with Crippen LogP contribution in [0, 0.1) is 0 Å². The maximum Gasteiger partial charge on any atom is 0.151 e. The summed E-state index contributed by atoms with van der Waals surface area (Å²) in [5.74, 6) is 0.998. The summed E-state index contributed by atoms with van der Waals surface area (Å²) in [6.07, 6.45) is 16.3. The van der Waals surface area contributed by atoms with E-state index >= 15 is 0 Å². The Morgan fingerprint density at radius 3 is 2.12 bits per heavy atom. The van der Waals surface area contributed by atoms with Gasteiger partial charge in [0.05, 0.1) is 6.54 Å². The summed E-state index contributed by atoms with van der Waals surface area (Å²) in [7, 11) is 0. The molecule has 2 aromatic rings. The Balaban J connectivity index is 1.61. The molecule has 0 N–H and O–H groups in total. The maximum absolute atomic E-state index is 4.21. The van der Waals surface area contributed by atoms with Crippen LogP contribution in [0.5, 0.6) is 0 Å². The molecule has 0 spiro atoms. The fourth-order valence-electron chi connectivity index (χ4n) is 3.23. The average Bonchev–Trinajstić information content (AvgIpc) is 3.11. The van der Waals surface area contributed by atoms with Crippen molar-refractivity contribution in [2.24, 2.45) is 0 Å². The van der Waals surface area contributed by atoms with E-state index in [1.807, 2.05) is 10.8 Å². The highest BCUT2D eigenvalue weighted by molar-refractivity contribution is 5.47. The molecule has 1 heterocycles. The molecule has 1 aromatic heterocycles. The summed E-state index contributed by atoms with van der Waals surface area (Å²) in [6.45, 7) is 6.80. The molecule has 0 fully saturated rings. The van der Waals surface area contributed by atoms with E-state index in [1.54, 1.807) is 0 Å². The summed E-state index contributed by atoms with van der Waals surface area (Å²) < 4.78 is 1.93. The van der Waals surface area contributed by atoms with E-state index in [0.717, 1.165) is 24.4 Å². The molecule has 0 radical (unpaired) electrons. The second-order valence-corrected chi connectivity index (χ2v) is 7.13. The van der Waals surface area contributed by atoms with Gasteiger partial charge < -0.3 is 0 Å². The number of tetrazole rings is 1. The van der Waals surface area contributed by atoms with Crippen LogP contribution in [0.25, 0.3) is 6.08 Å². The standard InChI is InChI=1S/C22H34N4/c1-3-5-6-7-8-9-10-11-12-13-14-22-23-24-25-26(22)19-21-17-15-20(4-2)16-18-21/h4,15-18H,2-3,5-14,19H2,1H3. The number of aryl methyl sites for hydroxylation is 1. The quantitative estimate of drug-likeness (QED) is 0.401. The van der Waals surface area contributed by atoms with Crippen molar-refractivity contribution in [3.8, 4) is 0 Å². The summed E-state index contributed by atoms with van der Waals surface area (Å²) in [5, 5.41) is 12.2. The summed E-state index contributed by atoms with van der Waals surface area (Å²) in [5.41, 5.74) is 2.35. The zero-order valence-electron chi connectivity index (χ0n) is 16.4. The lowest BCUT2D eigenvalue weighted by Crippen LogP contribution is -2.07. The van der Waals surface area contributed by atoms with Gasteiger partial charge in [0.1, 0.15) is 0 Å². The number of nitrogens with zero attached hydrogens (tertiary/aromatic N) is 4. The van der Waals surface area contributed by atoms with Crippen molar-refractivity contribution in [3.05, 3.63) is 47.8 Å². The van der Waals surface area contributed by atoms with E-state index in [0.29, 0.717) is 0 Å². The second-order valence-electron chi connectivity index (χ2n) is 7.13.